The molecule has 1 saturated heterocycles. The molecule has 0 aliphatic carbocycles. The van der Waals surface area contributed by atoms with Gasteiger partial charge < -0.3 is 15.0 Å². The third-order valence-corrected chi connectivity index (χ3v) is 3.69. The van der Waals surface area contributed by atoms with Crippen molar-refractivity contribution in [3.63, 3.8) is 0 Å². The van der Waals surface area contributed by atoms with Crippen LogP contribution in [0.25, 0.3) is 0 Å². The second kappa shape index (κ2) is 7.99. The molecule has 0 saturated carbocycles. The number of nitrogens with one attached hydrogen (secondary N) is 1. The van der Waals surface area contributed by atoms with Gasteiger partial charge in [-0.25, -0.2) is 0 Å². The van der Waals surface area contributed by atoms with E-state index in [1.54, 1.807) is 29.2 Å². The molecule has 1 aliphatic heterocycles. The molecular formula is C16H12ClN5O2. The number of morpholine rings is 1. The van der Waals surface area contributed by atoms with E-state index in [0.717, 1.165) is 0 Å². The Labute approximate surface area is 143 Å². The number of carbonyl (C=O) groups excluding carboxylic acids is 1. The third-order valence-electron chi connectivity index (χ3n) is 3.36. The van der Waals surface area contributed by atoms with E-state index in [2.05, 4.69) is 5.32 Å². The van der Waals surface area contributed by atoms with Crippen LogP contribution in [0.1, 0.15) is 10.4 Å². The summed E-state index contributed by atoms with van der Waals surface area (Å²) in [5.41, 5.74) is 0.0724. The number of hydrogen-bond donors (Lipinski definition) is 1. The number of benzene rings is 1. The minimum Gasteiger partial charge on any atom is -0.378 e. The number of nitrogens with zero attached hydrogens (tertiary/aromatic N) is 4. The van der Waals surface area contributed by atoms with Crippen LogP contribution in [0.5, 0.6) is 0 Å². The second-order valence-corrected chi connectivity index (χ2v) is 5.22. The van der Waals surface area contributed by atoms with E-state index in [-0.39, 0.29) is 27.9 Å². The van der Waals surface area contributed by atoms with Crippen molar-refractivity contribution >= 4 is 23.2 Å². The molecule has 0 bridgehead atoms. The van der Waals surface area contributed by atoms with Crippen molar-refractivity contribution in [2.45, 2.75) is 0 Å². The predicted molar refractivity (Wildman–Crippen MR) is 85.7 cm³/mol. The SMILES string of the molecule is N#CC(C#N)=C(C#N)Nc1cc(C(=O)N2CCOCC2)ccc1Cl. The number of amides is 1. The summed E-state index contributed by atoms with van der Waals surface area (Å²) in [5.74, 6) is -0.179. The van der Waals surface area contributed by atoms with Gasteiger partial charge in [0, 0.05) is 18.7 Å². The lowest BCUT2D eigenvalue weighted by Gasteiger charge is -2.27. The highest BCUT2D eigenvalue weighted by atomic mass is 35.5. The zero-order chi connectivity index (χ0) is 17.5. The number of allylic oxidation sites excluding steroid dienone is 2. The fourth-order valence-electron chi connectivity index (χ4n) is 2.12. The molecule has 0 radical (unpaired) electrons. The maximum absolute atomic E-state index is 12.5. The first-order chi connectivity index (χ1) is 11.6. The van der Waals surface area contributed by atoms with Gasteiger partial charge in [0.25, 0.3) is 5.91 Å². The first-order valence-corrected chi connectivity index (χ1v) is 7.36. The average molecular weight is 342 g/mol. The Morgan fingerprint density at radius 3 is 2.42 bits per heavy atom. The van der Waals surface area contributed by atoms with E-state index in [1.807, 2.05) is 0 Å². The lowest BCUT2D eigenvalue weighted by atomic mass is 10.1. The second-order valence-electron chi connectivity index (χ2n) is 4.81. The first kappa shape index (κ1) is 17.3. The molecule has 1 aromatic carbocycles. The number of anilines is 1. The van der Waals surface area contributed by atoms with Crippen molar-refractivity contribution in [1.29, 1.82) is 15.8 Å². The number of carbonyl (C=O) groups is 1. The van der Waals surface area contributed by atoms with Crippen molar-refractivity contribution in [1.82, 2.24) is 4.90 Å². The maximum atomic E-state index is 12.5. The van der Waals surface area contributed by atoms with Crippen LogP contribution in [-0.4, -0.2) is 37.1 Å². The highest BCUT2D eigenvalue weighted by Crippen LogP contribution is 2.25. The lowest BCUT2D eigenvalue weighted by molar-refractivity contribution is 0.0303. The van der Waals surface area contributed by atoms with Crippen LogP contribution < -0.4 is 5.32 Å². The summed E-state index contributed by atoms with van der Waals surface area (Å²) in [7, 11) is 0. The summed E-state index contributed by atoms with van der Waals surface area (Å²) in [6.45, 7) is 1.97. The maximum Gasteiger partial charge on any atom is 0.254 e. The molecule has 2 rings (SSSR count). The summed E-state index contributed by atoms with van der Waals surface area (Å²) < 4.78 is 5.22. The normalized spacial score (nSPS) is 13.2. The van der Waals surface area contributed by atoms with E-state index < -0.39 is 0 Å². The molecule has 0 aromatic heterocycles. The number of halogens is 1. The molecule has 1 amide bonds. The Morgan fingerprint density at radius 2 is 1.83 bits per heavy atom. The van der Waals surface area contributed by atoms with Crippen molar-refractivity contribution in [2.24, 2.45) is 0 Å². The molecule has 8 heteroatoms. The Hall–Kier alpha value is -3.05. The minimum atomic E-state index is -0.363. The summed E-state index contributed by atoms with van der Waals surface area (Å²) in [4.78, 5) is 14.1. The largest absolute Gasteiger partial charge is 0.378 e. The van der Waals surface area contributed by atoms with Crippen LogP contribution in [-0.2, 0) is 4.74 Å². The summed E-state index contributed by atoms with van der Waals surface area (Å²) in [6.07, 6.45) is 0. The predicted octanol–water partition coefficient (Wildman–Crippen LogP) is 2.05. The summed E-state index contributed by atoms with van der Waals surface area (Å²) in [5, 5.41) is 29.7. The van der Waals surface area contributed by atoms with E-state index in [9.17, 15) is 4.79 Å². The van der Waals surface area contributed by atoms with E-state index in [1.165, 1.54) is 12.1 Å². The Morgan fingerprint density at radius 1 is 1.17 bits per heavy atom. The Bertz CT molecular complexity index is 791. The molecule has 1 fully saturated rings. The molecule has 0 atom stereocenters. The van der Waals surface area contributed by atoms with Gasteiger partial charge in [-0.3, -0.25) is 4.79 Å². The smallest absolute Gasteiger partial charge is 0.254 e. The van der Waals surface area contributed by atoms with Crippen molar-refractivity contribution in [3.05, 3.63) is 40.1 Å². The van der Waals surface area contributed by atoms with Crippen molar-refractivity contribution in [2.75, 3.05) is 31.6 Å². The molecular weight excluding hydrogens is 330 g/mol. The molecule has 1 aromatic rings. The van der Waals surface area contributed by atoms with Gasteiger partial charge in [-0.15, -0.1) is 0 Å². The van der Waals surface area contributed by atoms with Gasteiger partial charge in [0.05, 0.1) is 23.9 Å². The van der Waals surface area contributed by atoms with Crippen molar-refractivity contribution < 1.29 is 9.53 Å². The van der Waals surface area contributed by atoms with Gasteiger partial charge >= 0.3 is 0 Å². The molecule has 0 unspecified atom stereocenters. The molecule has 120 valence electrons. The highest BCUT2D eigenvalue weighted by Gasteiger charge is 2.19. The van der Waals surface area contributed by atoms with Crippen LogP contribution in [0, 0.1) is 34.0 Å². The number of rotatable bonds is 3. The molecule has 24 heavy (non-hydrogen) atoms. The van der Waals surface area contributed by atoms with Crippen LogP contribution in [0.3, 0.4) is 0 Å². The highest BCUT2D eigenvalue weighted by molar-refractivity contribution is 6.33. The molecule has 0 spiro atoms. The zero-order valence-electron chi connectivity index (χ0n) is 12.5. The summed E-state index contributed by atoms with van der Waals surface area (Å²) >= 11 is 6.07. The van der Waals surface area contributed by atoms with E-state index in [0.29, 0.717) is 31.9 Å². The first-order valence-electron chi connectivity index (χ1n) is 6.99. The van der Waals surface area contributed by atoms with Gasteiger partial charge in [0.2, 0.25) is 0 Å². The number of ether oxygens (including phenoxy) is 1. The van der Waals surface area contributed by atoms with Gasteiger partial charge in [0.1, 0.15) is 23.9 Å². The quantitative estimate of drug-likeness (QED) is 0.842. The number of nitriles is 3. The molecule has 1 aliphatic rings. The Balaban J connectivity index is 2.31. The lowest BCUT2D eigenvalue weighted by Crippen LogP contribution is -2.40. The van der Waals surface area contributed by atoms with Crippen LogP contribution in [0.2, 0.25) is 5.02 Å². The average Bonchev–Trinajstić information content (AvgIpc) is 2.63. The van der Waals surface area contributed by atoms with Gasteiger partial charge in [-0.2, -0.15) is 15.8 Å². The molecule has 1 N–H and O–H groups in total. The molecule has 7 nitrogen and oxygen atoms in total. The van der Waals surface area contributed by atoms with Crippen molar-refractivity contribution in [3.8, 4) is 18.2 Å². The van der Waals surface area contributed by atoms with Crippen LogP contribution in [0.4, 0.5) is 5.69 Å². The monoisotopic (exact) mass is 341 g/mol. The fraction of sp³-hybridized carbons (Fsp3) is 0.250. The topological polar surface area (TPSA) is 113 Å². The number of hydrogen-bond acceptors (Lipinski definition) is 6. The van der Waals surface area contributed by atoms with E-state index in [4.69, 9.17) is 32.1 Å². The van der Waals surface area contributed by atoms with Crippen LogP contribution >= 0.6 is 11.6 Å². The van der Waals surface area contributed by atoms with Crippen LogP contribution in [0.15, 0.2) is 29.5 Å². The molecule has 1 heterocycles. The van der Waals surface area contributed by atoms with E-state index >= 15 is 0 Å². The van der Waals surface area contributed by atoms with Gasteiger partial charge in [0.15, 0.2) is 5.57 Å². The summed E-state index contributed by atoms with van der Waals surface area (Å²) in [6, 6.07) is 9.60. The van der Waals surface area contributed by atoms with Gasteiger partial charge in [-0.1, -0.05) is 11.6 Å². The third kappa shape index (κ3) is 3.83. The minimum absolute atomic E-state index is 0.179. The standard InChI is InChI=1S/C16H12ClN5O2/c17-13-2-1-11(16(23)22-3-5-24-6-4-22)7-14(13)21-15(10-20)12(8-18)9-19/h1-2,7,21H,3-6H2. The zero-order valence-corrected chi connectivity index (χ0v) is 13.3. The van der Waals surface area contributed by atoms with Gasteiger partial charge in [-0.05, 0) is 18.2 Å². The fourth-order valence-corrected chi connectivity index (χ4v) is 2.29. The Kier molecular flexibility index (Phi) is 5.76.